The molecule has 2 rings (SSSR count). The molecule has 0 atom stereocenters. The van der Waals surface area contributed by atoms with Crippen molar-refractivity contribution in [2.45, 2.75) is 45.4 Å². The topological polar surface area (TPSA) is 101 Å². The Hall–Kier alpha value is -2.11. The Balaban J connectivity index is 2.26. The van der Waals surface area contributed by atoms with E-state index in [1.54, 1.807) is 12.4 Å². The first-order chi connectivity index (χ1) is 10.1. The lowest BCUT2D eigenvalue weighted by Gasteiger charge is -2.29. The average Bonchev–Trinajstić information content (AvgIpc) is 2.73. The Morgan fingerprint density at radius 1 is 1.33 bits per heavy atom. The Morgan fingerprint density at radius 2 is 2.00 bits per heavy atom. The molecule has 0 spiro atoms. The zero-order chi connectivity index (χ0) is 15.3. The lowest BCUT2D eigenvalue weighted by molar-refractivity contribution is -0.123. The number of rotatable bonds is 3. The third-order valence-electron chi connectivity index (χ3n) is 4.12. The van der Waals surface area contributed by atoms with Gasteiger partial charge in [-0.2, -0.15) is 0 Å². The molecule has 1 aliphatic carbocycles. The number of amidine groups is 1. The maximum absolute atomic E-state index is 12.7. The highest BCUT2D eigenvalue weighted by molar-refractivity contribution is 6.11. The Bertz CT molecular complexity index is 534. The van der Waals surface area contributed by atoms with Crippen LogP contribution in [0.5, 0.6) is 0 Å². The zero-order valence-corrected chi connectivity index (χ0v) is 12.3. The number of carbonyl (C=O) groups is 1. The fraction of sp³-hybridized carbons (Fsp3) is 0.533. The molecule has 1 aliphatic rings. The number of nitrogens with zero attached hydrogens (tertiary/aromatic N) is 2. The van der Waals surface area contributed by atoms with Crippen molar-refractivity contribution in [3.63, 3.8) is 0 Å². The SMILES string of the molecule is Cc1cncc(NC(=O)C2(/C(N)=N/O)CCCCCC2)c1. The number of aromatic nitrogens is 1. The summed E-state index contributed by atoms with van der Waals surface area (Å²) in [6.45, 7) is 1.91. The van der Waals surface area contributed by atoms with Gasteiger partial charge in [0.15, 0.2) is 5.84 Å². The quantitative estimate of drug-likeness (QED) is 0.261. The van der Waals surface area contributed by atoms with Gasteiger partial charge in [-0.15, -0.1) is 0 Å². The highest BCUT2D eigenvalue weighted by Gasteiger charge is 2.43. The molecule has 6 nitrogen and oxygen atoms in total. The summed E-state index contributed by atoms with van der Waals surface area (Å²) < 4.78 is 0. The second kappa shape index (κ2) is 6.56. The van der Waals surface area contributed by atoms with Crippen molar-refractivity contribution in [1.82, 2.24) is 4.98 Å². The number of anilines is 1. The largest absolute Gasteiger partial charge is 0.409 e. The molecule has 0 saturated heterocycles. The van der Waals surface area contributed by atoms with E-state index < -0.39 is 5.41 Å². The summed E-state index contributed by atoms with van der Waals surface area (Å²) in [6.07, 6.45) is 8.47. The highest BCUT2D eigenvalue weighted by Crippen LogP contribution is 2.36. The summed E-state index contributed by atoms with van der Waals surface area (Å²) in [5.74, 6) is -0.213. The van der Waals surface area contributed by atoms with Crippen LogP contribution in [0.3, 0.4) is 0 Å². The summed E-state index contributed by atoms with van der Waals surface area (Å²) in [4.78, 5) is 16.8. The average molecular weight is 290 g/mol. The van der Waals surface area contributed by atoms with E-state index in [9.17, 15) is 4.79 Å². The fourth-order valence-electron chi connectivity index (χ4n) is 2.90. The third kappa shape index (κ3) is 3.32. The van der Waals surface area contributed by atoms with Gasteiger partial charge in [-0.25, -0.2) is 0 Å². The molecular formula is C15H22N4O2. The minimum Gasteiger partial charge on any atom is -0.409 e. The van der Waals surface area contributed by atoms with Crippen molar-refractivity contribution < 1.29 is 10.0 Å². The molecule has 1 heterocycles. The summed E-state index contributed by atoms with van der Waals surface area (Å²) in [5, 5.41) is 15.1. The molecule has 1 saturated carbocycles. The molecule has 1 aromatic rings. The van der Waals surface area contributed by atoms with Gasteiger partial charge >= 0.3 is 0 Å². The predicted octanol–water partition coefficient (Wildman–Crippen LogP) is 2.42. The van der Waals surface area contributed by atoms with Gasteiger partial charge in [0, 0.05) is 6.20 Å². The minimum atomic E-state index is -0.922. The fourth-order valence-corrected chi connectivity index (χ4v) is 2.90. The molecule has 114 valence electrons. The molecule has 0 aromatic carbocycles. The van der Waals surface area contributed by atoms with Crippen molar-refractivity contribution in [2.75, 3.05) is 5.32 Å². The lowest BCUT2D eigenvalue weighted by atomic mass is 9.78. The van der Waals surface area contributed by atoms with Crippen LogP contribution in [0.2, 0.25) is 0 Å². The normalized spacial score (nSPS) is 18.8. The smallest absolute Gasteiger partial charge is 0.238 e. The monoisotopic (exact) mass is 290 g/mol. The van der Waals surface area contributed by atoms with Crippen LogP contribution >= 0.6 is 0 Å². The molecule has 1 fully saturated rings. The summed E-state index contributed by atoms with van der Waals surface area (Å²) in [7, 11) is 0. The molecule has 4 N–H and O–H groups in total. The molecule has 21 heavy (non-hydrogen) atoms. The van der Waals surface area contributed by atoms with Crippen LogP contribution < -0.4 is 11.1 Å². The molecule has 0 radical (unpaired) electrons. The van der Waals surface area contributed by atoms with Gasteiger partial charge < -0.3 is 16.3 Å². The molecule has 0 bridgehead atoms. The molecule has 1 amide bonds. The number of pyridine rings is 1. The summed E-state index contributed by atoms with van der Waals surface area (Å²) in [5.41, 5.74) is 6.54. The molecule has 0 aliphatic heterocycles. The first kappa shape index (κ1) is 15.3. The third-order valence-corrected chi connectivity index (χ3v) is 4.12. The first-order valence-electron chi connectivity index (χ1n) is 7.29. The number of nitrogens with two attached hydrogens (primary N) is 1. The van der Waals surface area contributed by atoms with Crippen LogP contribution in [0.4, 0.5) is 5.69 Å². The van der Waals surface area contributed by atoms with E-state index in [1.807, 2.05) is 13.0 Å². The van der Waals surface area contributed by atoms with Crippen molar-refractivity contribution in [3.05, 3.63) is 24.0 Å². The maximum atomic E-state index is 12.7. The van der Waals surface area contributed by atoms with E-state index in [-0.39, 0.29) is 11.7 Å². The number of nitrogens with one attached hydrogen (secondary N) is 1. The van der Waals surface area contributed by atoms with E-state index in [4.69, 9.17) is 10.9 Å². The molecule has 0 unspecified atom stereocenters. The van der Waals surface area contributed by atoms with Gasteiger partial charge in [-0.05, 0) is 31.4 Å². The van der Waals surface area contributed by atoms with Crippen LogP contribution in [-0.2, 0) is 4.79 Å². The van der Waals surface area contributed by atoms with Crippen LogP contribution in [-0.4, -0.2) is 21.9 Å². The Kier molecular flexibility index (Phi) is 4.77. The van der Waals surface area contributed by atoms with Crippen LogP contribution in [0.15, 0.2) is 23.6 Å². The number of carbonyl (C=O) groups excluding carboxylic acids is 1. The lowest BCUT2D eigenvalue weighted by Crippen LogP contribution is -2.46. The van der Waals surface area contributed by atoms with Crippen molar-refractivity contribution in [2.24, 2.45) is 16.3 Å². The number of amides is 1. The first-order valence-corrected chi connectivity index (χ1v) is 7.29. The minimum absolute atomic E-state index is 0.00233. The summed E-state index contributed by atoms with van der Waals surface area (Å²) in [6, 6.07) is 1.85. The van der Waals surface area contributed by atoms with Gasteiger partial charge in [0.2, 0.25) is 5.91 Å². The Morgan fingerprint density at radius 3 is 2.57 bits per heavy atom. The predicted molar refractivity (Wildman–Crippen MR) is 81.1 cm³/mol. The molecular weight excluding hydrogens is 268 g/mol. The van der Waals surface area contributed by atoms with Gasteiger partial charge in [0.05, 0.1) is 11.9 Å². The van der Waals surface area contributed by atoms with Crippen LogP contribution in [0, 0.1) is 12.3 Å². The maximum Gasteiger partial charge on any atom is 0.238 e. The van der Waals surface area contributed by atoms with Crippen molar-refractivity contribution in [3.8, 4) is 0 Å². The standard InChI is InChI=1S/C15H22N4O2/c1-11-8-12(10-17-9-11)18-14(20)15(13(16)19-21)6-4-2-3-5-7-15/h8-10,21H,2-7H2,1H3,(H2,16,19)(H,18,20). The van der Waals surface area contributed by atoms with Gasteiger partial charge in [-0.3, -0.25) is 9.78 Å². The molecule has 1 aromatic heterocycles. The van der Waals surface area contributed by atoms with Crippen molar-refractivity contribution in [1.29, 1.82) is 0 Å². The zero-order valence-electron chi connectivity index (χ0n) is 12.3. The van der Waals surface area contributed by atoms with Crippen molar-refractivity contribution >= 4 is 17.4 Å². The second-order valence-corrected chi connectivity index (χ2v) is 5.69. The van der Waals surface area contributed by atoms with Gasteiger partial charge in [-0.1, -0.05) is 30.8 Å². The Labute approximate surface area is 124 Å². The summed E-state index contributed by atoms with van der Waals surface area (Å²) >= 11 is 0. The number of aryl methyl sites for hydroxylation is 1. The van der Waals surface area contributed by atoms with E-state index in [1.165, 1.54) is 0 Å². The number of oxime groups is 1. The number of hydrogen-bond acceptors (Lipinski definition) is 4. The van der Waals surface area contributed by atoms with E-state index >= 15 is 0 Å². The molecule has 6 heteroatoms. The second-order valence-electron chi connectivity index (χ2n) is 5.69. The van der Waals surface area contributed by atoms with Crippen LogP contribution in [0.25, 0.3) is 0 Å². The van der Waals surface area contributed by atoms with E-state index in [2.05, 4.69) is 15.5 Å². The highest BCUT2D eigenvalue weighted by atomic mass is 16.4. The van der Waals surface area contributed by atoms with E-state index in [0.29, 0.717) is 18.5 Å². The van der Waals surface area contributed by atoms with Crippen LogP contribution in [0.1, 0.15) is 44.1 Å². The van der Waals surface area contributed by atoms with E-state index in [0.717, 1.165) is 31.2 Å². The van der Waals surface area contributed by atoms with Gasteiger partial charge in [0.25, 0.3) is 0 Å². The van der Waals surface area contributed by atoms with Gasteiger partial charge in [0.1, 0.15) is 5.41 Å². The number of hydrogen-bond donors (Lipinski definition) is 3.